The topological polar surface area (TPSA) is 0 Å². The highest BCUT2D eigenvalue weighted by atomic mass is 79.9. The van der Waals surface area contributed by atoms with Gasteiger partial charge in [0.25, 0.3) is 0 Å². The Morgan fingerprint density at radius 2 is 0.367 bits per heavy atom. The molecule has 0 bridgehead atoms. The second kappa shape index (κ2) is 26.5. The molecule has 0 fully saturated rings. The van der Waals surface area contributed by atoms with E-state index >= 15 is 0 Å². The minimum Gasteiger partial charge on any atom is -0.103 e. The number of halogens is 1. The smallest absolute Gasteiger partial charge is 0.0283 e. The predicted octanol–water partition coefficient (Wildman–Crippen LogP) is 29.4. The van der Waals surface area contributed by atoms with E-state index in [-0.39, 0.29) is 75.3 Å². The number of rotatable bonds is 9. The zero-order valence-corrected chi connectivity index (χ0v) is 76.3. The van der Waals surface area contributed by atoms with Crippen LogP contribution in [0.2, 0.25) is 0 Å². The largest absolute Gasteiger partial charge is 0.103 e. The van der Waals surface area contributed by atoms with Crippen LogP contribution in [-0.4, -0.2) is 30.5 Å². The van der Waals surface area contributed by atoms with E-state index in [0.717, 1.165) is 17.7 Å². The first-order valence-electron chi connectivity index (χ1n) is 37.5. The van der Waals surface area contributed by atoms with Crippen LogP contribution in [0.15, 0.2) is 66.7 Å². The van der Waals surface area contributed by atoms with Crippen molar-refractivity contribution in [1.82, 2.24) is 0 Å². The molecule has 2 heterocycles. The first-order valence-corrected chi connectivity index (χ1v) is 44.4. The lowest BCUT2D eigenvalue weighted by molar-refractivity contribution is 0.546. The van der Waals surface area contributed by atoms with E-state index in [4.69, 9.17) is 0 Å². The van der Waals surface area contributed by atoms with Gasteiger partial charge in [-0.3, -0.25) is 0 Å². The van der Waals surface area contributed by atoms with Crippen LogP contribution in [0.4, 0.5) is 0 Å². The van der Waals surface area contributed by atoms with Crippen LogP contribution in [-0.2, 0) is 82.6 Å². The van der Waals surface area contributed by atoms with E-state index in [1.807, 2.05) is 0 Å². The highest BCUT2D eigenvalue weighted by molar-refractivity contribution is 9.08. The Hall–Kier alpha value is -2.48. The molecule has 0 saturated carbocycles. The van der Waals surface area contributed by atoms with Crippen molar-refractivity contribution >= 4 is 66.2 Å². The van der Waals surface area contributed by atoms with Gasteiger partial charge in [-0.25, -0.2) is 0 Å². The van der Waals surface area contributed by atoms with Crippen LogP contribution in [0, 0.1) is 0 Å². The van der Waals surface area contributed by atoms with Crippen molar-refractivity contribution in [3.63, 3.8) is 0 Å². The van der Waals surface area contributed by atoms with Crippen molar-refractivity contribution in [3.05, 3.63) is 172 Å². The Morgan fingerprint density at radius 1 is 0.214 bits per heavy atom. The average Bonchev–Trinajstić information content (AvgIpc) is 0.696. The highest BCUT2D eigenvalue weighted by Gasteiger charge is 2.49. The minimum atomic E-state index is -0.889. The molecule has 0 amide bonds. The van der Waals surface area contributed by atoms with Gasteiger partial charge >= 0.3 is 0 Å². The maximum Gasteiger partial charge on any atom is 0.0283 e. The molecule has 542 valence electrons. The molecular formula is C93H143BrP4. The van der Waals surface area contributed by atoms with Gasteiger partial charge in [-0.05, 0) is 197 Å². The maximum absolute atomic E-state index is 4.22. The zero-order chi connectivity index (χ0) is 75.5. The Balaban J connectivity index is 1.82. The second-order valence-electron chi connectivity index (χ2n) is 44.6. The van der Waals surface area contributed by atoms with Crippen LogP contribution in [0.25, 0.3) is 0 Å². The zero-order valence-electron chi connectivity index (χ0n) is 71.1. The third kappa shape index (κ3) is 17.2. The van der Waals surface area contributed by atoms with E-state index in [2.05, 4.69) is 373 Å². The Kier molecular flexibility index (Phi) is 22.4. The summed E-state index contributed by atoms with van der Waals surface area (Å²) >= 11 is 4.22. The van der Waals surface area contributed by atoms with Crippen molar-refractivity contribution in [2.75, 3.05) is 0 Å². The molecule has 0 spiro atoms. The molecule has 0 aromatic heterocycles. The first kappa shape index (κ1) is 82.8. The maximum atomic E-state index is 4.22. The number of alkyl halides is 1. The van der Waals surface area contributed by atoms with Crippen molar-refractivity contribution in [1.29, 1.82) is 0 Å². The molecule has 7 rings (SSSR count). The summed E-state index contributed by atoms with van der Waals surface area (Å²) in [5.74, 6) is 0. The molecule has 5 aromatic carbocycles. The van der Waals surface area contributed by atoms with Gasteiger partial charge in [0.1, 0.15) is 0 Å². The summed E-state index contributed by atoms with van der Waals surface area (Å²) in [5.41, 5.74) is 28.1. The molecule has 2 aliphatic rings. The van der Waals surface area contributed by atoms with Gasteiger partial charge < -0.3 is 0 Å². The molecule has 0 aliphatic carbocycles. The molecular weight excluding hydrogens is 1320 g/mol. The molecule has 0 atom stereocenters. The van der Waals surface area contributed by atoms with E-state index in [1.165, 1.54) is 83.5 Å². The normalized spacial score (nSPS) is 18.1. The summed E-state index contributed by atoms with van der Waals surface area (Å²) < 4.78 is 0. The van der Waals surface area contributed by atoms with E-state index in [0.29, 0.717) is 0 Å². The minimum absolute atomic E-state index is 0.00816. The lowest BCUT2D eigenvalue weighted by atomic mass is 9.72. The average molecular weight is 1460 g/mol. The van der Waals surface area contributed by atoms with Gasteiger partial charge in [0, 0.05) is 37.8 Å². The van der Waals surface area contributed by atoms with Gasteiger partial charge in [-0.1, -0.05) is 373 Å². The van der Waals surface area contributed by atoms with Crippen molar-refractivity contribution < 1.29 is 0 Å². The summed E-state index contributed by atoms with van der Waals surface area (Å²) in [6, 6.07) is 29.5. The predicted molar refractivity (Wildman–Crippen MR) is 460 cm³/mol. The standard InChI is InChI=1S/C93H143BrP4/c1-80(2,3)60-46-64(84(13,14)15)72(65(47-60)85(16,17)18)76-95(77(97(76)92(37,38)39)73-66(86(19,20)21)48-61(81(4,5)6)49-67(73)87(22,23)24)55-58-43-57(54-94)44-59(45-58)56-96-78(74-68(88(25,26)27)50-62(82(7,8)9)51-69(74)89(28,29)30)98(93(40,41)42)79(96)75-70(90(31,32)33)52-63(83(10,11)12)53-71(75)91(34,35)36/h43-53H,54-56H2,1-42H3. The Labute approximate surface area is 618 Å². The quantitative estimate of drug-likeness (QED) is 0.102. The van der Waals surface area contributed by atoms with Crippen LogP contribution >= 0.6 is 46.1 Å². The fourth-order valence-electron chi connectivity index (χ4n) is 14.8. The van der Waals surface area contributed by atoms with Crippen molar-refractivity contribution in [2.24, 2.45) is 0 Å². The van der Waals surface area contributed by atoms with Crippen LogP contribution < -0.4 is 0 Å². The summed E-state index contributed by atoms with van der Waals surface area (Å²) in [6.45, 7) is 105. The SMILES string of the molecule is CC(C)(C)c1cc(C(C)(C)C)c(C2=P(Cc3cc(CBr)cc(CP4=C(c5c(C(C)(C)C)cc(C(C)(C)C)cc5C(C)(C)C)P(C(C)(C)C)C=4c4c(C(C)(C)C)cc(C(C)(C)C)cc4C(C)(C)C)c3)=C(c3c(C(C)(C)C)cc(C(C)(C)C)cc3C(C)(C)C)P2C(C)(C)C)c(C(C)(C)C)c1. The molecule has 5 aromatic rings. The number of hydrogen-bond donors (Lipinski definition) is 0. The number of benzene rings is 5. The molecule has 0 saturated heterocycles. The molecule has 0 N–H and O–H groups in total. The molecule has 0 radical (unpaired) electrons. The van der Waals surface area contributed by atoms with Crippen LogP contribution in [0.3, 0.4) is 0 Å². The van der Waals surface area contributed by atoms with Crippen LogP contribution in [0.1, 0.15) is 397 Å². The van der Waals surface area contributed by atoms with Crippen molar-refractivity contribution in [3.8, 4) is 0 Å². The lowest BCUT2D eigenvalue weighted by Gasteiger charge is -2.48. The molecule has 0 nitrogen and oxygen atoms in total. The summed E-state index contributed by atoms with van der Waals surface area (Å²) in [4.78, 5) is 0. The molecule has 98 heavy (non-hydrogen) atoms. The van der Waals surface area contributed by atoms with E-state index in [9.17, 15) is 0 Å². The molecule has 5 heteroatoms. The molecule has 2 aliphatic heterocycles. The Morgan fingerprint density at radius 3 is 0.490 bits per heavy atom. The lowest BCUT2D eigenvalue weighted by Crippen LogP contribution is -2.35. The highest BCUT2D eigenvalue weighted by Crippen LogP contribution is 2.72. The van der Waals surface area contributed by atoms with Gasteiger partial charge in [0.2, 0.25) is 0 Å². The third-order valence-corrected chi connectivity index (χ3v) is 36.1. The third-order valence-electron chi connectivity index (χ3n) is 20.5. The fraction of sp³-hybridized carbons (Fsp3) is 0.634. The fourth-order valence-corrected chi connectivity index (χ4v) is 33.4. The van der Waals surface area contributed by atoms with Crippen molar-refractivity contribution in [2.45, 2.75) is 384 Å². The van der Waals surface area contributed by atoms with Gasteiger partial charge in [0.15, 0.2) is 0 Å². The Bertz CT molecular complexity index is 3480. The number of hydrogen-bond acceptors (Lipinski definition) is 0. The van der Waals surface area contributed by atoms with Gasteiger partial charge in [-0.15, -0.1) is 14.3 Å². The second-order valence-corrected chi connectivity index (χ2v) is 56.5. The monoisotopic (exact) mass is 1460 g/mol. The summed E-state index contributed by atoms with van der Waals surface area (Å²) in [6.07, 6.45) is 2.02. The van der Waals surface area contributed by atoms with Crippen LogP contribution in [0.5, 0.6) is 0 Å². The van der Waals surface area contributed by atoms with Gasteiger partial charge in [0.05, 0.1) is 0 Å². The first-order chi connectivity index (χ1) is 43.4. The molecule has 0 unspecified atom stereocenters. The van der Waals surface area contributed by atoms with E-state index in [1.54, 1.807) is 42.4 Å². The van der Waals surface area contributed by atoms with Gasteiger partial charge in [-0.2, -0.15) is 0 Å². The summed E-state index contributed by atoms with van der Waals surface area (Å²) in [5, 5.41) is 7.94. The summed E-state index contributed by atoms with van der Waals surface area (Å²) in [7, 11) is -3.40. The van der Waals surface area contributed by atoms with E-state index < -0.39 is 30.2 Å².